The zero-order valence-electron chi connectivity index (χ0n) is 9.48. The first-order valence-electron chi connectivity index (χ1n) is 5.63. The number of hydrogen-bond donors (Lipinski definition) is 3. The third-order valence-corrected chi connectivity index (χ3v) is 2.78. The largest absolute Gasteiger partial charge is 0.382 e. The fourth-order valence-electron chi connectivity index (χ4n) is 1.84. The molecule has 0 radical (unpaired) electrons. The second kappa shape index (κ2) is 4.88. The quantitative estimate of drug-likeness (QED) is 0.400. The normalized spacial score (nSPS) is 16.4. The molecule has 1 heterocycles. The van der Waals surface area contributed by atoms with Gasteiger partial charge < -0.3 is 5.21 Å². The number of nitrogens with one attached hydrogen (secondary N) is 2. The smallest absolute Gasteiger partial charge is 0.376 e. The number of nitrogens with zero attached hydrogens (tertiary/aromatic N) is 1. The van der Waals surface area contributed by atoms with Crippen LogP contribution in [0.15, 0.2) is 30.3 Å². The molecule has 16 heavy (non-hydrogen) atoms. The van der Waals surface area contributed by atoms with Gasteiger partial charge in [0.1, 0.15) is 6.54 Å². The van der Waals surface area contributed by atoms with E-state index in [1.807, 2.05) is 18.2 Å². The van der Waals surface area contributed by atoms with Crippen LogP contribution in [0.3, 0.4) is 0 Å². The Bertz CT molecular complexity index is 367. The molecule has 4 heteroatoms. The molecular formula is C12H18N3O+. The van der Waals surface area contributed by atoms with Crippen LogP contribution in [0.4, 0.5) is 0 Å². The summed E-state index contributed by atoms with van der Waals surface area (Å²) in [4.78, 5) is 0. The topological polar surface area (TPSA) is 47.3 Å². The van der Waals surface area contributed by atoms with E-state index < -0.39 is 0 Å². The SMILES string of the molecule is CC(C[N+](O)=C1NCCN1)c1ccccc1. The molecule has 0 aliphatic carbocycles. The van der Waals surface area contributed by atoms with E-state index in [-0.39, 0.29) is 0 Å². The van der Waals surface area contributed by atoms with E-state index in [1.54, 1.807) is 0 Å². The minimum Gasteiger partial charge on any atom is -0.376 e. The number of hydrogen-bond acceptors (Lipinski definition) is 1. The molecule has 0 bridgehead atoms. The molecule has 1 unspecified atom stereocenters. The van der Waals surface area contributed by atoms with Crippen molar-refractivity contribution < 1.29 is 9.95 Å². The van der Waals surface area contributed by atoms with Crippen LogP contribution in [0.2, 0.25) is 0 Å². The van der Waals surface area contributed by atoms with Crippen LogP contribution in [-0.4, -0.2) is 35.5 Å². The molecule has 1 aromatic rings. The van der Waals surface area contributed by atoms with Gasteiger partial charge in [-0.05, 0) is 5.56 Å². The number of guanidine groups is 1. The van der Waals surface area contributed by atoms with Crippen molar-refractivity contribution in [2.75, 3.05) is 19.6 Å². The maximum Gasteiger partial charge on any atom is 0.382 e. The fourth-order valence-corrected chi connectivity index (χ4v) is 1.84. The van der Waals surface area contributed by atoms with Gasteiger partial charge in [-0.1, -0.05) is 42.0 Å². The predicted octanol–water partition coefficient (Wildman–Crippen LogP) is 0.741. The molecule has 1 fully saturated rings. The van der Waals surface area contributed by atoms with Crippen molar-refractivity contribution in [2.45, 2.75) is 12.8 Å². The molecule has 2 rings (SSSR count). The average molecular weight is 220 g/mol. The van der Waals surface area contributed by atoms with Gasteiger partial charge in [0.05, 0.1) is 13.1 Å². The minimum atomic E-state index is 0.294. The summed E-state index contributed by atoms with van der Waals surface area (Å²) >= 11 is 0. The minimum absolute atomic E-state index is 0.294. The van der Waals surface area contributed by atoms with Crippen LogP contribution in [0.5, 0.6) is 0 Å². The molecule has 1 aliphatic rings. The molecule has 4 nitrogen and oxygen atoms in total. The first-order valence-corrected chi connectivity index (χ1v) is 5.63. The molecule has 0 spiro atoms. The van der Waals surface area contributed by atoms with E-state index in [0.29, 0.717) is 18.4 Å². The molecule has 0 amide bonds. The second-order valence-corrected chi connectivity index (χ2v) is 4.10. The van der Waals surface area contributed by atoms with Crippen molar-refractivity contribution in [2.24, 2.45) is 0 Å². The number of rotatable bonds is 3. The number of hydroxylamine groups is 1. The predicted molar refractivity (Wildman–Crippen MR) is 62.8 cm³/mol. The molecule has 0 aromatic heterocycles. The second-order valence-electron chi connectivity index (χ2n) is 4.10. The van der Waals surface area contributed by atoms with Crippen LogP contribution in [0.25, 0.3) is 0 Å². The highest BCUT2D eigenvalue weighted by molar-refractivity contribution is 5.76. The summed E-state index contributed by atoms with van der Waals surface area (Å²) in [6, 6.07) is 10.2. The zero-order valence-corrected chi connectivity index (χ0v) is 9.48. The Morgan fingerprint density at radius 1 is 1.25 bits per heavy atom. The van der Waals surface area contributed by atoms with Gasteiger partial charge >= 0.3 is 5.96 Å². The Morgan fingerprint density at radius 2 is 1.88 bits per heavy atom. The lowest BCUT2D eigenvalue weighted by atomic mass is 10.0. The van der Waals surface area contributed by atoms with Crippen LogP contribution in [0.1, 0.15) is 18.4 Å². The summed E-state index contributed by atoms with van der Waals surface area (Å²) in [5, 5.41) is 16.0. The van der Waals surface area contributed by atoms with Gasteiger partial charge in [0.2, 0.25) is 0 Å². The van der Waals surface area contributed by atoms with Crippen LogP contribution in [-0.2, 0) is 0 Å². The van der Waals surface area contributed by atoms with Crippen LogP contribution >= 0.6 is 0 Å². The van der Waals surface area contributed by atoms with Crippen molar-refractivity contribution >= 4 is 5.96 Å². The van der Waals surface area contributed by atoms with Gasteiger partial charge in [-0.25, -0.2) is 0 Å². The van der Waals surface area contributed by atoms with Gasteiger partial charge in [-0.2, -0.15) is 0 Å². The molecule has 3 N–H and O–H groups in total. The summed E-state index contributed by atoms with van der Waals surface area (Å²) in [7, 11) is 0. The molecule has 1 saturated heterocycles. The molecule has 0 saturated carbocycles. The van der Waals surface area contributed by atoms with E-state index in [9.17, 15) is 5.21 Å². The van der Waals surface area contributed by atoms with Gasteiger partial charge in [0.25, 0.3) is 0 Å². The lowest BCUT2D eigenvalue weighted by molar-refractivity contribution is -0.777. The van der Waals surface area contributed by atoms with Gasteiger partial charge in [0, 0.05) is 5.92 Å². The van der Waals surface area contributed by atoms with Crippen LogP contribution < -0.4 is 10.6 Å². The summed E-state index contributed by atoms with van der Waals surface area (Å²) in [6.45, 7) is 4.42. The van der Waals surface area contributed by atoms with E-state index in [2.05, 4.69) is 29.7 Å². The Labute approximate surface area is 95.6 Å². The van der Waals surface area contributed by atoms with E-state index in [4.69, 9.17) is 0 Å². The first kappa shape index (κ1) is 10.8. The molecule has 1 aromatic carbocycles. The highest BCUT2D eigenvalue weighted by atomic mass is 16.5. The van der Waals surface area contributed by atoms with Gasteiger partial charge in [0.15, 0.2) is 0 Å². The molecular weight excluding hydrogens is 202 g/mol. The Kier molecular flexibility index (Phi) is 3.29. The Morgan fingerprint density at radius 3 is 2.50 bits per heavy atom. The lowest BCUT2D eigenvalue weighted by Crippen LogP contribution is -2.36. The maximum absolute atomic E-state index is 9.85. The summed E-state index contributed by atoms with van der Waals surface area (Å²) in [6.07, 6.45) is 0. The zero-order chi connectivity index (χ0) is 11.4. The third-order valence-electron chi connectivity index (χ3n) is 2.78. The lowest BCUT2D eigenvalue weighted by Gasteiger charge is -2.11. The Hall–Kier alpha value is -1.71. The van der Waals surface area contributed by atoms with Crippen molar-refractivity contribution in [3.63, 3.8) is 0 Å². The van der Waals surface area contributed by atoms with Gasteiger partial charge in [-0.3, -0.25) is 10.6 Å². The highest BCUT2D eigenvalue weighted by Gasteiger charge is 2.19. The number of benzene rings is 1. The molecule has 86 valence electrons. The molecule has 1 atom stereocenters. The molecule has 1 aliphatic heterocycles. The van der Waals surface area contributed by atoms with Crippen molar-refractivity contribution in [3.05, 3.63) is 35.9 Å². The van der Waals surface area contributed by atoms with Crippen molar-refractivity contribution in [3.8, 4) is 0 Å². The van der Waals surface area contributed by atoms with Gasteiger partial charge in [-0.15, -0.1) is 0 Å². The van der Waals surface area contributed by atoms with Crippen molar-refractivity contribution in [1.29, 1.82) is 0 Å². The fraction of sp³-hybridized carbons (Fsp3) is 0.417. The summed E-state index contributed by atoms with van der Waals surface area (Å²) in [5.41, 5.74) is 1.24. The van der Waals surface area contributed by atoms with Crippen molar-refractivity contribution in [1.82, 2.24) is 10.6 Å². The summed E-state index contributed by atoms with van der Waals surface area (Å²) in [5.74, 6) is 1.01. The van der Waals surface area contributed by atoms with E-state index in [1.165, 1.54) is 10.3 Å². The standard InChI is InChI=1S/C12H17N3O/c1-10(11-5-3-2-4-6-11)9-15(16)12-13-7-8-14-12/h2-6,10,16H,7-9H2,1H3,(H,13,14)/p+1. The highest BCUT2D eigenvalue weighted by Crippen LogP contribution is 2.13. The first-order chi connectivity index (χ1) is 7.77. The van der Waals surface area contributed by atoms with E-state index >= 15 is 0 Å². The van der Waals surface area contributed by atoms with Crippen LogP contribution in [0, 0.1) is 0 Å². The Balaban J connectivity index is 2.02. The maximum atomic E-state index is 9.85. The van der Waals surface area contributed by atoms with E-state index in [0.717, 1.165) is 13.1 Å². The summed E-state index contributed by atoms with van der Waals surface area (Å²) < 4.78 is 1.25. The monoisotopic (exact) mass is 220 g/mol. The third kappa shape index (κ3) is 2.45. The average Bonchev–Trinajstić information content (AvgIpc) is 2.83.